The molecule has 1 aliphatic heterocycles. The van der Waals surface area contributed by atoms with E-state index in [0.717, 1.165) is 29.7 Å². The van der Waals surface area contributed by atoms with E-state index in [1.54, 1.807) is 50.4 Å². The number of aliphatic hydroxyl groups is 1. The monoisotopic (exact) mass is 565 g/mol. The Balaban J connectivity index is 1.22. The van der Waals surface area contributed by atoms with Crippen LogP contribution in [-0.4, -0.2) is 42.6 Å². The first-order valence-electron chi connectivity index (χ1n) is 13.0. The van der Waals surface area contributed by atoms with Crippen LogP contribution in [0, 0.1) is 12.7 Å². The van der Waals surface area contributed by atoms with Crippen molar-refractivity contribution in [3.63, 3.8) is 0 Å². The van der Waals surface area contributed by atoms with Gasteiger partial charge in [0.1, 0.15) is 40.9 Å². The van der Waals surface area contributed by atoms with E-state index in [2.05, 4.69) is 10.1 Å². The molecule has 8 nitrogen and oxygen atoms in total. The molecular weight excluding hydrogens is 537 g/mol. The van der Waals surface area contributed by atoms with E-state index < -0.39 is 11.4 Å². The fourth-order valence-corrected chi connectivity index (χ4v) is 5.54. The number of pyridine rings is 1. The van der Waals surface area contributed by atoms with E-state index in [1.807, 2.05) is 18.2 Å². The second-order valence-corrected chi connectivity index (χ2v) is 10.7. The molecule has 40 heavy (non-hydrogen) atoms. The minimum absolute atomic E-state index is 0.176. The Morgan fingerprint density at radius 1 is 1.12 bits per heavy atom. The summed E-state index contributed by atoms with van der Waals surface area (Å²) in [6.45, 7) is 2.32. The van der Waals surface area contributed by atoms with Gasteiger partial charge in [-0.2, -0.15) is 0 Å². The van der Waals surface area contributed by atoms with Crippen molar-refractivity contribution in [2.24, 2.45) is 0 Å². The van der Waals surface area contributed by atoms with Crippen LogP contribution in [0.2, 0.25) is 5.02 Å². The lowest BCUT2D eigenvalue weighted by molar-refractivity contribution is 0.00672. The number of aryl methyl sites for hydroxylation is 1. The number of rotatable bonds is 9. The summed E-state index contributed by atoms with van der Waals surface area (Å²) < 4.78 is 37.5. The first kappa shape index (κ1) is 26.4. The van der Waals surface area contributed by atoms with Crippen LogP contribution in [-0.2, 0) is 12.2 Å². The number of aromatic nitrogens is 2. The van der Waals surface area contributed by atoms with Crippen LogP contribution < -0.4 is 19.1 Å². The number of nitrogens with zero attached hydrogens (tertiary/aromatic N) is 3. The molecule has 0 radical (unpaired) electrons. The molecule has 0 bridgehead atoms. The maximum Gasteiger partial charge on any atom is 0.165 e. The highest BCUT2D eigenvalue weighted by molar-refractivity contribution is 6.31. The van der Waals surface area contributed by atoms with Crippen molar-refractivity contribution in [2.75, 3.05) is 32.2 Å². The maximum atomic E-state index is 14.4. The molecule has 2 fully saturated rings. The molecule has 10 heteroatoms. The molecule has 0 atom stereocenters. The van der Waals surface area contributed by atoms with Gasteiger partial charge in [0.05, 0.1) is 43.5 Å². The lowest BCUT2D eigenvalue weighted by Gasteiger charge is -2.47. The highest BCUT2D eigenvalue weighted by Gasteiger charge is 2.45. The van der Waals surface area contributed by atoms with E-state index in [1.165, 1.54) is 6.07 Å². The highest BCUT2D eigenvalue weighted by atomic mass is 35.5. The van der Waals surface area contributed by atoms with Crippen LogP contribution in [0.15, 0.2) is 53.2 Å². The van der Waals surface area contributed by atoms with Gasteiger partial charge < -0.3 is 28.7 Å². The van der Waals surface area contributed by atoms with Crippen LogP contribution in [0.4, 0.5) is 10.2 Å². The zero-order valence-corrected chi connectivity index (χ0v) is 23.2. The van der Waals surface area contributed by atoms with Crippen molar-refractivity contribution in [3.05, 3.63) is 82.0 Å². The Morgan fingerprint density at radius 2 is 1.85 bits per heavy atom. The smallest absolute Gasteiger partial charge is 0.165 e. The molecule has 1 saturated carbocycles. The number of ether oxygens (including phenoxy) is 3. The summed E-state index contributed by atoms with van der Waals surface area (Å²) in [7, 11) is 3.20. The molecule has 6 rings (SSSR count). The van der Waals surface area contributed by atoms with Gasteiger partial charge in [0.2, 0.25) is 0 Å². The fraction of sp³-hybridized carbons (Fsp3) is 0.333. The average molecular weight is 566 g/mol. The number of anilines is 1. The maximum absolute atomic E-state index is 14.4. The van der Waals surface area contributed by atoms with Crippen molar-refractivity contribution in [1.29, 1.82) is 0 Å². The molecule has 1 N–H and O–H groups in total. The summed E-state index contributed by atoms with van der Waals surface area (Å²) >= 11 is 6.62. The Labute approximate surface area is 236 Å². The first-order valence-corrected chi connectivity index (χ1v) is 13.4. The lowest BCUT2D eigenvalue weighted by atomic mass is 9.86. The van der Waals surface area contributed by atoms with Gasteiger partial charge >= 0.3 is 0 Å². The molecule has 0 spiro atoms. The largest absolute Gasteiger partial charge is 0.496 e. The van der Waals surface area contributed by atoms with Crippen molar-refractivity contribution in [3.8, 4) is 28.5 Å². The minimum Gasteiger partial charge on any atom is -0.496 e. The Hall–Kier alpha value is -3.82. The third-order valence-corrected chi connectivity index (χ3v) is 7.73. The molecule has 2 aliphatic rings. The van der Waals surface area contributed by atoms with Crippen LogP contribution in [0.1, 0.15) is 41.2 Å². The number of halogens is 2. The SMILES string of the molecule is COc1cccc(OC)c1-c1noc(C2CC2)c1COc1ccc(C2(O)CN(c3ncc(C)cc3F)C2)c(Cl)c1. The predicted molar refractivity (Wildman–Crippen MR) is 148 cm³/mol. The number of methoxy groups -OCH3 is 2. The summed E-state index contributed by atoms with van der Waals surface area (Å²) in [5, 5.41) is 16.0. The zero-order chi connectivity index (χ0) is 28.0. The Kier molecular flexibility index (Phi) is 6.80. The third kappa shape index (κ3) is 4.73. The van der Waals surface area contributed by atoms with Crippen LogP contribution >= 0.6 is 11.6 Å². The van der Waals surface area contributed by atoms with Crippen molar-refractivity contribution < 1.29 is 28.2 Å². The van der Waals surface area contributed by atoms with Gasteiger partial charge in [-0.3, -0.25) is 0 Å². The topological polar surface area (TPSA) is 90.1 Å². The van der Waals surface area contributed by atoms with Crippen molar-refractivity contribution in [2.45, 2.75) is 37.9 Å². The summed E-state index contributed by atoms with van der Waals surface area (Å²) in [4.78, 5) is 5.87. The van der Waals surface area contributed by atoms with Gasteiger partial charge in [-0.05, 0) is 55.7 Å². The molecule has 3 heterocycles. The second kappa shape index (κ2) is 10.3. The molecule has 0 unspecified atom stereocenters. The molecule has 1 aliphatic carbocycles. The van der Waals surface area contributed by atoms with Crippen LogP contribution in [0.3, 0.4) is 0 Å². The quantitative estimate of drug-likeness (QED) is 0.263. The molecule has 0 amide bonds. The first-order chi connectivity index (χ1) is 19.3. The Bertz CT molecular complexity index is 1540. The van der Waals surface area contributed by atoms with Gasteiger partial charge in [-0.25, -0.2) is 9.37 Å². The van der Waals surface area contributed by atoms with E-state index in [0.29, 0.717) is 45.0 Å². The van der Waals surface area contributed by atoms with Gasteiger partial charge in [-0.1, -0.05) is 28.9 Å². The lowest BCUT2D eigenvalue weighted by Crippen LogP contribution is -2.60. The molecule has 2 aromatic heterocycles. The van der Waals surface area contributed by atoms with Gasteiger partial charge in [-0.15, -0.1) is 0 Å². The molecule has 4 aromatic rings. The van der Waals surface area contributed by atoms with Gasteiger partial charge in [0, 0.05) is 17.7 Å². The second-order valence-electron chi connectivity index (χ2n) is 10.3. The molecule has 208 valence electrons. The highest BCUT2D eigenvalue weighted by Crippen LogP contribution is 2.47. The fourth-order valence-electron chi connectivity index (χ4n) is 5.19. The zero-order valence-electron chi connectivity index (χ0n) is 22.4. The van der Waals surface area contributed by atoms with E-state index in [4.69, 9.17) is 30.3 Å². The summed E-state index contributed by atoms with van der Waals surface area (Å²) in [5.74, 6) is 2.66. The number of benzene rings is 2. The molecule has 2 aromatic carbocycles. The minimum atomic E-state index is -1.23. The summed E-state index contributed by atoms with van der Waals surface area (Å²) in [6, 6.07) is 12.2. The van der Waals surface area contributed by atoms with Crippen LogP contribution in [0.5, 0.6) is 17.2 Å². The van der Waals surface area contributed by atoms with E-state index in [-0.39, 0.29) is 25.5 Å². The van der Waals surface area contributed by atoms with Crippen molar-refractivity contribution >= 4 is 17.4 Å². The standard InChI is InChI=1S/C30H29ClFN3O5/c1-17-11-23(32)29(33-13-17)35-15-30(36,16-35)21-10-9-19(12-22(21)31)39-14-20-27(34-40-28(20)18-7-8-18)26-24(37-2)5-4-6-25(26)38-3/h4-6,9-13,18,36H,7-8,14-16H2,1-3H3. The summed E-state index contributed by atoms with van der Waals surface area (Å²) in [5.41, 5.74) is 2.20. The summed E-state index contributed by atoms with van der Waals surface area (Å²) in [6.07, 6.45) is 3.67. The molecular formula is C30H29ClFN3O5. The predicted octanol–water partition coefficient (Wildman–Crippen LogP) is 6.02. The molecule has 1 saturated heterocycles. The van der Waals surface area contributed by atoms with E-state index in [9.17, 15) is 9.50 Å². The van der Waals surface area contributed by atoms with Crippen LogP contribution in [0.25, 0.3) is 11.3 Å². The Morgan fingerprint density at radius 3 is 2.48 bits per heavy atom. The normalized spacial score (nSPS) is 16.0. The van der Waals surface area contributed by atoms with Gasteiger partial charge in [0.25, 0.3) is 0 Å². The number of β-amino-alcohol motifs (C(OH)–C–C–N with tert-alkyl or cyclic N) is 1. The average Bonchev–Trinajstić information content (AvgIpc) is 3.69. The third-order valence-electron chi connectivity index (χ3n) is 7.42. The number of hydrogen-bond donors (Lipinski definition) is 1. The number of hydrogen-bond acceptors (Lipinski definition) is 8. The van der Waals surface area contributed by atoms with Gasteiger partial charge in [0.15, 0.2) is 11.6 Å². The van der Waals surface area contributed by atoms with E-state index >= 15 is 0 Å². The van der Waals surface area contributed by atoms with Crippen molar-refractivity contribution in [1.82, 2.24) is 10.1 Å².